The summed E-state index contributed by atoms with van der Waals surface area (Å²) in [5.41, 5.74) is 2.77. The van der Waals surface area contributed by atoms with Gasteiger partial charge in [0.2, 0.25) is 5.95 Å². The van der Waals surface area contributed by atoms with Crippen LogP contribution in [0.25, 0.3) is 10.6 Å². The van der Waals surface area contributed by atoms with Crippen molar-refractivity contribution >= 4 is 28.8 Å². The van der Waals surface area contributed by atoms with Gasteiger partial charge in [-0.05, 0) is 32.6 Å². The molecule has 0 atom stereocenters. The second-order valence-corrected chi connectivity index (χ2v) is 8.04. The average molecular weight is 422 g/mol. The van der Waals surface area contributed by atoms with Gasteiger partial charge in [-0.1, -0.05) is 6.42 Å². The Balaban J connectivity index is 1.56. The first-order valence-electron chi connectivity index (χ1n) is 9.97. The number of hydrogen-bond donors (Lipinski definition) is 2. The summed E-state index contributed by atoms with van der Waals surface area (Å²) in [6.45, 7) is 1.96. The molecular weight excluding hydrogens is 398 g/mol. The molecule has 0 aliphatic heterocycles. The van der Waals surface area contributed by atoms with Crippen LogP contribution in [0.4, 0.5) is 17.5 Å². The predicted octanol–water partition coefficient (Wildman–Crippen LogP) is 4.67. The number of pyridine rings is 1. The van der Waals surface area contributed by atoms with Crippen molar-refractivity contribution in [3.05, 3.63) is 35.2 Å². The minimum absolute atomic E-state index is 0.135. The summed E-state index contributed by atoms with van der Waals surface area (Å²) < 4.78 is 6.09. The van der Waals surface area contributed by atoms with Crippen LogP contribution in [0.1, 0.15) is 43.5 Å². The maximum Gasteiger partial charge on any atom is 0.229 e. The van der Waals surface area contributed by atoms with Gasteiger partial charge in [0.25, 0.3) is 0 Å². The van der Waals surface area contributed by atoms with Crippen molar-refractivity contribution in [2.24, 2.45) is 0 Å². The molecule has 8 nitrogen and oxygen atoms in total. The van der Waals surface area contributed by atoms with Gasteiger partial charge in [0, 0.05) is 30.4 Å². The lowest BCUT2D eigenvalue weighted by molar-refractivity contribution is 0.154. The Morgan fingerprint density at radius 2 is 2.00 bits per heavy atom. The molecule has 30 heavy (non-hydrogen) atoms. The van der Waals surface area contributed by atoms with Gasteiger partial charge in [0.15, 0.2) is 11.4 Å². The maximum atomic E-state index is 9.39. The highest BCUT2D eigenvalue weighted by Crippen LogP contribution is 2.31. The van der Waals surface area contributed by atoms with Crippen molar-refractivity contribution in [1.82, 2.24) is 19.9 Å². The Morgan fingerprint density at radius 3 is 2.70 bits per heavy atom. The number of nitrogens with one attached hydrogen (secondary N) is 2. The quantitative estimate of drug-likeness (QED) is 0.591. The van der Waals surface area contributed by atoms with Gasteiger partial charge in [-0.3, -0.25) is 0 Å². The summed E-state index contributed by atoms with van der Waals surface area (Å²) >= 11 is 1.56. The Labute approximate surface area is 179 Å². The number of thiazole rings is 1. The first-order valence-corrected chi connectivity index (χ1v) is 10.9. The Hall–Kier alpha value is -3.25. The molecule has 0 saturated heterocycles. The standard InChI is InChI=1S/C21H23N7OS/c1-13-12-30-20(26-13)16-11-25-21(28-19(16)23-2)27-14-8-18(17(9-22)24-10-14)29-15-6-4-3-5-7-15/h8,10-12,15H,3-7H2,1-2H3,(H2,23,25,27,28). The number of aromatic nitrogens is 4. The molecule has 0 radical (unpaired) electrons. The van der Waals surface area contributed by atoms with E-state index < -0.39 is 0 Å². The third-order valence-electron chi connectivity index (χ3n) is 4.94. The van der Waals surface area contributed by atoms with Gasteiger partial charge < -0.3 is 15.4 Å². The van der Waals surface area contributed by atoms with Gasteiger partial charge >= 0.3 is 0 Å². The van der Waals surface area contributed by atoms with E-state index in [2.05, 4.69) is 36.6 Å². The molecule has 154 valence electrons. The second-order valence-electron chi connectivity index (χ2n) is 7.19. The first-order chi connectivity index (χ1) is 14.7. The van der Waals surface area contributed by atoms with Gasteiger partial charge in [0.05, 0.1) is 23.6 Å². The summed E-state index contributed by atoms with van der Waals surface area (Å²) in [5, 5.41) is 18.5. The SMILES string of the molecule is CNc1nc(Nc2cnc(C#N)c(OC3CCCCC3)c2)ncc1-c1nc(C)cs1. The van der Waals surface area contributed by atoms with Crippen LogP contribution in [0.3, 0.4) is 0 Å². The largest absolute Gasteiger partial charge is 0.487 e. The van der Waals surface area contributed by atoms with Crippen molar-refractivity contribution in [1.29, 1.82) is 5.26 Å². The molecule has 0 aromatic carbocycles. The topological polar surface area (TPSA) is 109 Å². The predicted molar refractivity (Wildman–Crippen MR) is 117 cm³/mol. The van der Waals surface area contributed by atoms with E-state index in [-0.39, 0.29) is 11.8 Å². The van der Waals surface area contributed by atoms with E-state index in [9.17, 15) is 5.26 Å². The van der Waals surface area contributed by atoms with E-state index in [1.807, 2.05) is 19.4 Å². The van der Waals surface area contributed by atoms with E-state index in [0.717, 1.165) is 41.9 Å². The zero-order chi connectivity index (χ0) is 20.9. The van der Waals surface area contributed by atoms with E-state index in [0.29, 0.717) is 23.2 Å². The highest BCUT2D eigenvalue weighted by Gasteiger charge is 2.18. The number of nitrogens with zero attached hydrogens (tertiary/aromatic N) is 5. The number of aryl methyl sites for hydroxylation is 1. The summed E-state index contributed by atoms with van der Waals surface area (Å²) in [4.78, 5) is 17.7. The number of anilines is 3. The smallest absolute Gasteiger partial charge is 0.229 e. The Morgan fingerprint density at radius 1 is 1.17 bits per heavy atom. The van der Waals surface area contributed by atoms with Crippen LogP contribution in [-0.4, -0.2) is 33.1 Å². The van der Waals surface area contributed by atoms with E-state index in [4.69, 9.17) is 4.74 Å². The number of hydrogen-bond acceptors (Lipinski definition) is 9. The van der Waals surface area contributed by atoms with Crippen molar-refractivity contribution in [3.8, 4) is 22.4 Å². The van der Waals surface area contributed by atoms with Crippen molar-refractivity contribution in [2.75, 3.05) is 17.7 Å². The highest BCUT2D eigenvalue weighted by atomic mass is 32.1. The van der Waals surface area contributed by atoms with Gasteiger partial charge in [0.1, 0.15) is 16.9 Å². The normalized spacial score (nSPS) is 14.2. The molecule has 3 aromatic heterocycles. The monoisotopic (exact) mass is 421 g/mol. The van der Waals surface area contributed by atoms with Crippen LogP contribution >= 0.6 is 11.3 Å². The van der Waals surface area contributed by atoms with Crippen LogP contribution in [-0.2, 0) is 0 Å². The zero-order valence-electron chi connectivity index (χ0n) is 17.0. The van der Waals surface area contributed by atoms with Gasteiger partial charge in [-0.15, -0.1) is 11.3 Å². The molecular formula is C21H23N7OS. The van der Waals surface area contributed by atoms with Crippen molar-refractivity contribution < 1.29 is 4.74 Å². The number of rotatable bonds is 6. The molecule has 9 heteroatoms. The Kier molecular flexibility index (Phi) is 6.05. The average Bonchev–Trinajstić information content (AvgIpc) is 3.20. The summed E-state index contributed by atoms with van der Waals surface area (Å²) in [7, 11) is 1.81. The molecule has 3 aromatic rings. The van der Waals surface area contributed by atoms with E-state index >= 15 is 0 Å². The minimum Gasteiger partial charge on any atom is -0.487 e. The number of ether oxygens (including phenoxy) is 1. The van der Waals surface area contributed by atoms with E-state index in [1.165, 1.54) is 6.42 Å². The van der Waals surface area contributed by atoms with Crippen LogP contribution in [0.15, 0.2) is 23.8 Å². The summed E-state index contributed by atoms with van der Waals surface area (Å²) in [6, 6.07) is 3.90. The lowest BCUT2D eigenvalue weighted by Crippen LogP contribution is -2.20. The minimum atomic E-state index is 0.135. The van der Waals surface area contributed by atoms with Crippen LogP contribution in [0, 0.1) is 18.3 Å². The molecule has 1 saturated carbocycles. The highest BCUT2D eigenvalue weighted by molar-refractivity contribution is 7.13. The molecule has 3 heterocycles. The van der Waals surface area contributed by atoms with Crippen molar-refractivity contribution in [2.45, 2.75) is 45.1 Å². The molecule has 1 fully saturated rings. The number of nitriles is 1. The van der Waals surface area contributed by atoms with Gasteiger partial charge in [-0.25, -0.2) is 15.0 Å². The third-order valence-corrected chi connectivity index (χ3v) is 5.93. The van der Waals surface area contributed by atoms with Crippen LogP contribution < -0.4 is 15.4 Å². The molecule has 2 N–H and O–H groups in total. The lowest BCUT2D eigenvalue weighted by Gasteiger charge is -2.23. The lowest BCUT2D eigenvalue weighted by atomic mass is 9.98. The van der Waals surface area contributed by atoms with Crippen LogP contribution in [0.5, 0.6) is 5.75 Å². The fourth-order valence-corrected chi connectivity index (χ4v) is 4.25. The van der Waals surface area contributed by atoms with E-state index in [1.54, 1.807) is 29.8 Å². The van der Waals surface area contributed by atoms with Crippen molar-refractivity contribution in [3.63, 3.8) is 0 Å². The third kappa shape index (κ3) is 4.49. The fourth-order valence-electron chi connectivity index (χ4n) is 3.45. The fraction of sp³-hybridized carbons (Fsp3) is 0.381. The van der Waals surface area contributed by atoms with Crippen LogP contribution in [0.2, 0.25) is 0 Å². The molecule has 0 amide bonds. The molecule has 0 unspecified atom stereocenters. The molecule has 1 aliphatic carbocycles. The Bertz CT molecular complexity index is 1070. The summed E-state index contributed by atoms with van der Waals surface area (Å²) in [6.07, 6.45) is 9.04. The zero-order valence-corrected chi connectivity index (χ0v) is 17.8. The first kappa shape index (κ1) is 20.0. The molecule has 4 rings (SSSR count). The second kappa shape index (κ2) is 9.05. The van der Waals surface area contributed by atoms with Gasteiger partial charge in [-0.2, -0.15) is 10.2 Å². The summed E-state index contributed by atoms with van der Waals surface area (Å²) in [5.74, 6) is 1.60. The molecule has 1 aliphatic rings. The molecule has 0 bridgehead atoms. The maximum absolute atomic E-state index is 9.39. The molecule has 0 spiro atoms.